The molecule has 0 aromatic heterocycles. The van der Waals surface area contributed by atoms with Crippen molar-refractivity contribution < 1.29 is 14.9 Å². The van der Waals surface area contributed by atoms with Gasteiger partial charge in [0, 0.05) is 13.2 Å². The Bertz CT molecular complexity index is 385. The second-order valence-electron chi connectivity index (χ2n) is 9.45. The molecule has 3 nitrogen and oxygen atoms in total. The van der Waals surface area contributed by atoms with Crippen molar-refractivity contribution in [3.8, 4) is 0 Å². The van der Waals surface area contributed by atoms with E-state index < -0.39 is 5.60 Å². The molecule has 23 heavy (non-hydrogen) atoms. The van der Waals surface area contributed by atoms with E-state index in [0.29, 0.717) is 11.8 Å². The lowest BCUT2D eigenvalue weighted by molar-refractivity contribution is -0.0477. The average molecular weight is 327 g/mol. The molecule has 0 spiro atoms. The number of hydrogen-bond donors (Lipinski definition) is 2. The van der Waals surface area contributed by atoms with Gasteiger partial charge in [-0.2, -0.15) is 0 Å². The fraction of sp³-hybridized carbons (Fsp3) is 1.00. The first-order chi connectivity index (χ1) is 10.6. The van der Waals surface area contributed by atoms with Gasteiger partial charge in [-0.3, -0.25) is 0 Å². The molecule has 4 unspecified atom stereocenters. The maximum Gasteiger partial charge on any atom is 0.0592 e. The minimum Gasteiger partial charge on any atom is -0.393 e. The third-order valence-electron chi connectivity index (χ3n) is 7.20. The zero-order valence-corrected chi connectivity index (χ0v) is 15.9. The number of fused-ring (bicyclic) bond motifs is 1. The van der Waals surface area contributed by atoms with E-state index in [0.717, 1.165) is 51.7 Å². The smallest absolute Gasteiger partial charge is 0.0592 e. The summed E-state index contributed by atoms with van der Waals surface area (Å²) in [6, 6.07) is 0. The molecule has 0 heterocycles. The summed E-state index contributed by atoms with van der Waals surface area (Å²) >= 11 is 0. The number of hydrogen-bond acceptors (Lipinski definition) is 3. The lowest BCUT2D eigenvalue weighted by Gasteiger charge is -2.48. The molecule has 2 fully saturated rings. The molecule has 0 saturated heterocycles. The van der Waals surface area contributed by atoms with E-state index in [1.807, 2.05) is 13.8 Å². The predicted molar refractivity (Wildman–Crippen MR) is 94.3 cm³/mol. The van der Waals surface area contributed by atoms with Gasteiger partial charge in [-0.25, -0.2) is 0 Å². The van der Waals surface area contributed by atoms with Gasteiger partial charge in [0.25, 0.3) is 0 Å². The summed E-state index contributed by atoms with van der Waals surface area (Å²) in [5, 5.41) is 20.2. The molecule has 0 bridgehead atoms. The molecule has 136 valence electrons. The van der Waals surface area contributed by atoms with Crippen molar-refractivity contribution >= 4 is 0 Å². The second kappa shape index (κ2) is 7.01. The molecule has 0 radical (unpaired) electrons. The molecular weight excluding hydrogens is 288 g/mol. The first-order valence-electron chi connectivity index (χ1n) is 9.56. The Hall–Kier alpha value is -0.120. The maximum atomic E-state index is 10.5. The summed E-state index contributed by atoms with van der Waals surface area (Å²) in [4.78, 5) is 0. The van der Waals surface area contributed by atoms with Crippen LogP contribution in [0.3, 0.4) is 0 Å². The van der Waals surface area contributed by atoms with Crippen LogP contribution in [-0.4, -0.2) is 35.1 Å². The summed E-state index contributed by atoms with van der Waals surface area (Å²) in [6.45, 7) is 12.5. The van der Waals surface area contributed by atoms with Crippen molar-refractivity contribution in [2.75, 3.05) is 13.2 Å². The summed E-state index contributed by atoms with van der Waals surface area (Å²) in [5.74, 6) is 1.10. The SMILES string of the molecule is CC(C)(O)CCCOCCC1CC2C(O)CCCC2(C)C1(C)C. The zero-order valence-electron chi connectivity index (χ0n) is 15.9. The number of aliphatic hydroxyl groups excluding tert-OH is 1. The van der Waals surface area contributed by atoms with E-state index in [9.17, 15) is 10.2 Å². The lowest BCUT2D eigenvalue weighted by atomic mass is 9.57. The molecule has 2 aliphatic rings. The largest absolute Gasteiger partial charge is 0.393 e. The first kappa shape index (κ1) is 19.2. The quantitative estimate of drug-likeness (QED) is 0.691. The third-order valence-corrected chi connectivity index (χ3v) is 7.20. The van der Waals surface area contributed by atoms with Crippen molar-refractivity contribution in [1.82, 2.24) is 0 Å². The molecule has 0 aromatic carbocycles. The van der Waals surface area contributed by atoms with Crippen LogP contribution in [0.4, 0.5) is 0 Å². The Morgan fingerprint density at radius 3 is 2.48 bits per heavy atom. The molecule has 2 saturated carbocycles. The van der Waals surface area contributed by atoms with Gasteiger partial charge in [-0.05, 0) is 75.0 Å². The van der Waals surface area contributed by atoms with Gasteiger partial charge in [0.1, 0.15) is 0 Å². The van der Waals surface area contributed by atoms with Gasteiger partial charge < -0.3 is 14.9 Å². The average Bonchev–Trinajstić information content (AvgIpc) is 2.62. The zero-order chi connectivity index (χ0) is 17.3. The Balaban J connectivity index is 1.80. The molecule has 3 heteroatoms. The maximum absolute atomic E-state index is 10.5. The summed E-state index contributed by atoms with van der Waals surface area (Å²) in [7, 11) is 0. The molecule has 0 aliphatic heterocycles. The minimum absolute atomic E-state index is 0.106. The summed E-state index contributed by atoms with van der Waals surface area (Å²) < 4.78 is 5.82. The van der Waals surface area contributed by atoms with E-state index in [4.69, 9.17) is 4.74 Å². The van der Waals surface area contributed by atoms with E-state index in [2.05, 4.69) is 20.8 Å². The second-order valence-corrected chi connectivity index (χ2v) is 9.45. The van der Waals surface area contributed by atoms with Crippen LogP contribution in [0.5, 0.6) is 0 Å². The van der Waals surface area contributed by atoms with Gasteiger partial charge in [0.15, 0.2) is 0 Å². The van der Waals surface area contributed by atoms with Crippen LogP contribution in [-0.2, 0) is 4.74 Å². The van der Waals surface area contributed by atoms with E-state index in [1.165, 1.54) is 6.42 Å². The highest BCUT2D eigenvalue weighted by Gasteiger charge is 2.59. The van der Waals surface area contributed by atoms with Gasteiger partial charge in [0.05, 0.1) is 11.7 Å². The fourth-order valence-corrected chi connectivity index (χ4v) is 5.19. The molecule has 2 aliphatic carbocycles. The van der Waals surface area contributed by atoms with Gasteiger partial charge in [-0.1, -0.05) is 27.2 Å². The van der Waals surface area contributed by atoms with Crippen molar-refractivity contribution in [3.05, 3.63) is 0 Å². The highest BCUT2D eigenvalue weighted by molar-refractivity contribution is 5.08. The normalized spacial score (nSPS) is 36.9. The van der Waals surface area contributed by atoms with Crippen LogP contribution in [0.2, 0.25) is 0 Å². The highest BCUT2D eigenvalue weighted by Crippen LogP contribution is 2.65. The van der Waals surface area contributed by atoms with Gasteiger partial charge >= 0.3 is 0 Å². The van der Waals surface area contributed by atoms with Crippen molar-refractivity contribution in [2.45, 2.75) is 91.3 Å². The van der Waals surface area contributed by atoms with Gasteiger partial charge in [-0.15, -0.1) is 0 Å². The highest BCUT2D eigenvalue weighted by atomic mass is 16.5. The third kappa shape index (κ3) is 4.11. The Morgan fingerprint density at radius 2 is 1.87 bits per heavy atom. The monoisotopic (exact) mass is 326 g/mol. The minimum atomic E-state index is -0.586. The molecular formula is C20H38O3. The Morgan fingerprint density at radius 1 is 1.17 bits per heavy atom. The van der Waals surface area contributed by atoms with Crippen LogP contribution in [0.15, 0.2) is 0 Å². The number of rotatable bonds is 7. The van der Waals surface area contributed by atoms with E-state index in [-0.39, 0.29) is 16.9 Å². The molecule has 0 aromatic rings. The molecule has 4 atom stereocenters. The van der Waals surface area contributed by atoms with Gasteiger partial charge in [0.2, 0.25) is 0 Å². The van der Waals surface area contributed by atoms with Crippen molar-refractivity contribution in [1.29, 1.82) is 0 Å². The summed E-state index contributed by atoms with van der Waals surface area (Å²) in [6.07, 6.45) is 7.24. The van der Waals surface area contributed by atoms with Crippen molar-refractivity contribution in [2.24, 2.45) is 22.7 Å². The number of aliphatic hydroxyl groups is 2. The van der Waals surface area contributed by atoms with Crippen LogP contribution in [0.1, 0.15) is 79.6 Å². The summed E-state index contributed by atoms with van der Waals surface area (Å²) in [5.41, 5.74) is -0.0387. The number of ether oxygens (including phenoxy) is 1. The predicted octanol–water partition coefficient (Wildman–Crippen LogP) is 4.16. The standard InChI is InChI=1S/C20H38O3/c1-18(2,22)10-7-12-23-13-9-15-14-16-17(21)8-6-11-20(16,5)19(15,3)4/h15-17,21-22H,6-14H2,1-5H3. The van der Waals surface area contributed by atoms with Crippen LogP contribution in [0, 0.1) is 22.7 Å². The molecule has 2 rings (SSSR count). The Labute approximate surface area is 142 Å². The van der Waals surface area contributed by atoms with Crippen molar-refractivity contribution in [3.63, 3.8) is 0 Å². The topological polar surface area (TPSA) is 49.7 Å². The first-order valence-corrected chi connectivity index (χ1v) is 9.56. The Kier molecular flexibility index (Phi) is 5.86. The molecule has 2 N–H and O–H groups in total. The van der Waals surface area contributed by atoms with E-state index in [1.54, 1.807) is 0 Å². The fourth-order valence-electron chi connectivity index (χ4n) is 5.19. The van der Waals surface area contributed by atoms with Crippen LogP contribution in [0.25, 0.3) is 0 Å². The van der Waals surface area contributed by atoms with Crippen LogP contribution >= 0.6 is 0 Å². The lowest BCUT2D eigenvalue weighted by Crippen LogP contribution is -2.44. The van der Waals surface area contributed by atoms with E-state index >= 15 is 0 Å². The van der Waals surface area contributed by atoms with Crippen LogP contribution < -0.4 is 0 Å². The molecule has 0 amide bonds.